The summed E-state index contributed by atoms with van der Waals surface area (Å²) >= 11 is 1.33. The van der Waals surface area contributed by atoms with Crippen LogP contribution in [0.1, 0.15) is 5.56 Å². The molecule has 1 aliphatic carbocycles. The van der Waals surface area contributed by atoms with Crippen LogP contribution in [0.3, 0.4) is 0 Å². The fourth-order valence-electron chi connectivity index (χ4n) is 1.60. The zero-order chi connectivity index (χ0) is 13.2. The van der Waals surface area contributed by atoms with Gasteiger partial charge in [-0.1, -0.05) is 0 Å². The Balaban J connectivity index is 2.38. The molecule has 0 aromatic carbocycles. The molecule has 0 unspecified atom stereocenters. The molecule has 96 valence electrons. The highest BCUT2D eigenvalue weighted by Crippen LogP contribution is 2.41. The molecule has 0 N–H and O–H groups in total. The van der Waals surface area contributed by atoms with Gasteiger partial charge in [-0.15, -0.1) is 13.2 Å². The quantitative estimate of drug-likeness (QED) is 0.803. The lowest BCUT2D eigenvalue weighted by Crippen LogP contribution is -2.17. The second-order valence-corrected chi connectivity index (χ2v) is 4.15. The molecule has 0 bridgehead atoms. The van der Waals surface area contributed by atoms with Crippen molar-refractivity contribution in [1.82, 2.24) is 0 Å². The first-order chi connectivity index (χ1) is 8.51. The van der Waals surface area contributed by atoms with Gasteiger partial charge in [-0.3, -0.25) is 4.79 Å². The summed E-state index contributed by atoms with van der Waals surface area (Å²) < 4.78 is 45.2. The predicted molar refractivity (Wildman–Crippen MR) is 58.5 cm³/mol. The van der Waals surface area contributed by atoms with Crippen molar-refractivity contribution in [1.29, 1.82) is 0 Å². The molecule has 1 heterocycles. The van der Waals surface area contributed by atoms with Gasteiger partial charge in [-0.25, -0.2) is 0 Å². The second kappa shape index (κ2) is 4.85. The first kappa shape index (κ1) is 12.7. The van der Waals surface area contributed by atoms with Crippen LogP contribution in [0, 0.1) is 0 Å². The summed E-state index contributed by atoms with van der Waals surface area (Å²) in [6, 6.07) is 2.76. The maximum absolute atomic E-state index is 12.2. The molecule has 18 heavy (non-hydrogen) atoms. The van der Waals surface area contributed by atoms with Crippen molar-refractivity contribution in [2.24, 2.45) is 0 Å². The molecule has 0 spiro atoms. The highest BCUT2D eigenvalue weighted by molar-refractivity contribution is 7.08. The van der Waals surface area contributed by atoms with E-state index in [1.807, 2.05) is 0 Å². The van der Waals surface area contributed by atoms with Crippen molar-refractivity contribution < 1.29 is 27.4 Å². The summed E-state index contributed by atoms with van der Waals surface area (Å²) in [7, 11) is 0. The first-order valence-electron chi connectivity index (χ1n) is 4.80. The van der Waals surface area contributed by atoms with Crippen molar-refractivity contribution in [3.8, 4) is 16.9 Å². The number of hydrogen-bond acceptors (Lipinski definition) is 4. The van der Waals surface area contributed by atoms with Crippen molar-refractivity contribution in [2.75, 3.05) is 0 Å². The molecule has 0 saturated heterocycles. The van der Waals surface area contributed by atoms with E-state index in [1.54, 1.807) is 10.8 Å². The van der Waals surface area contributed by atoms with Crippen molar-refractivity contribution >= 4 is 17.8 Å². The Morgan fingerprint density at radius 2 is 2.11 bits per heavy atom. The Labute approximate surface area is 104 Å². The molecule has 0 amide bonds. The molecule has 0 aromatic rings. The van der Waals surface area contributed by atoms with Gasteiger partial charge in [0.1, 0.15) is 12.4 Å². The van der Waals surface area contributed by atoms with Gasteiger partial charge in [0, 0.05) is 16.7 Å². The normalized spacial score (nSPS) is 11.5. The van der Waals surface area contributed by atoms with Crippen LogP contribution >= 0.6 is 11.3 Å². The van der Waals surface area contributed by atoms with E-state index in [-0.39, 0.29) is 18.8 Å². The van der Waals surface area contributed by atoms with E-state index >= 15 is 0 Å². The number of carbonyl (C=O) groups excluding carboxylic acids is 1. The van der Waals surface area contributed by atoms with Crippen LogP contribution in [0.2, 0.25) is 0 Å². The molecule has 0 radical (unpaired) electrons. The Morgan fingerprint density at radius 3 is 2.78 bits per heavy atom. The molecule has 7 heteroatoms. The van der Waals surface area contributed by atoms with E-state index in [1.165, 1.54) is 23.5 Å². The predicted octanol–water partition coefficient (Wildman–Crippen LogP) is 3.42. The minimum absolute atomic E-state index is 0.0854. The highest BCUT2D eigenvalue weighted by atomic mass is 32.1. The topological polar surface area (TPSA) is 35.5 Å². The van der Waals surface area contributed by atoms with Gasteiger partial charge in [-0.2, -0.15) is 11.3 Å². The zero-order valence-corrected chi connectivity index (χ0v) is 9.68. The standard InChI is InChI=1S/C11H7F3O3S/c12-11(13,14)17-10-3-7(4-16-6-15)9-5-18-2-1-8(9)10/h1-3,5-6H,4H2. The van der Waals surface area contributed by atoms with Gasteiger partial charge in [0.05, 0.1) is 0 Å². The Morgan fingerprint density at radius 1 is 1.33 bits per heavy atom. The maximum Gasteiger partial charge on any atom is 0.573 e. The minimum atomic E-state index is -4.75. The van der Waals surface area contributed by atoms with Gasteiger partial charge in [0.15, 0.2) is 0 Å². The SMILES string of the molecule is O=COCc1cc(OC(F)(F)F)c2ccscc1-2. The van der Waals surface area contributed by atoms with E-state index in [0.29, 0.717) is 16.7 Å². The third-order valence-corrected chi connectivity index (χ3v) is 2.90. The number of alkyl halides is 3. The van der Waals surface area contributed by atoms with Crippen LogP contribution in [0.25, 0.3) is 11.1 Å². The van der Waals surface area contributed by atoms with Crippen LogP contribution < -0.4 is 4.74 Å². The number of rotatable bonds is 4. The van der Waals surface area contributed by atoms with Gasteiger partial charge in [0.25, 0.3) is 6.47 Å². The van der Waals surface area contributed by atoms with Crippen molar-refractivity contribution in [3.63, 3.8) is 0 Å². The molecule has 0 atom stereocenters. The van der Waals surface area contributed by atoms with Gasteiger partial charge in [-0.05, 0) is 22.9 Å². The lowest BCUT2D eigenvalue weighted by atomic mass is 10.1. The molecular weight excluding hydrogens is 269 g/mol. The molecule has 0 fully saturated rings. The van der Waals surface area contributed by atoms with E-state index < -0.39 is 6.36 Å². The monoisotopic (exact) mass is 276 g/mol. The lowest BCUT2D eigenvalue weighted by Gasteiger charge is -2.08. The van der Waals surface area contributed by atoms with E-state index in [2.05, 4.69) is 9.47 Å². The molecule has 2 aliphatic rings. The Hall–Kier alpha value is -1.76. The summed E-state index contributed by atoms with van der Waals surface area (Å²) in [6.45, 7) is 0.160. The van der Waals surface area contributed by atoms with Gasteiger partial charge in [0.2, 0.25) is 0 Å². The third kappa shape index (κ3) is 2.73. The molecule has 3 nitrogen and oxygen atoms in total. The van der Waals surface area contributed by atoms with E-state index in [4.69, 9.17) is 0 Å². The zero-order valence-electron chi connectivity index (χ0n) is 8.86. The van der Waals surface area contributed by atoms with Gasteiger partial charge < -0.3 is 9.47 Å². The maximum atomic E-state index is 12.2. The highest BCUT2D eigenvalue weighted by Gasteiger charge is 2.33. The number of fused-ring (bicyclic) bond motifs is 1. The van der Waals surface area contributed by atoms with Gasteiger partial charge >= 0.3 is 6.36 Å². The largest absolute Gasteiger partial charge is 0.573 e. The van der Waals surface area contributed by atoms with Crippen LogP contribution in [-0.2, 0) is 16.1 Å². The summed E-state index contributed by atoms with van der Waals surface area (Å²) in [5, 5.41) is 3.33. The lowest BCUT2D eigenvalue weighted by molar-refractivity contribution is -0.274. The Bertz CT molecular complexity index is 521. The second-order valence-electron chi connectivity index (χ2n) is 3.37. The third-order valence-electron chi connectivity index (χ3n) is 2.24. The van der Waals surface area contributed by atoms with Crippen LogP contribution in [0.15, 0.2) is 22.9 Å². The van der Waals surface area contributed by atoms with Crippen LogP contribution in [0.4, 0.5) is 13.2 Å². The summed E-state index contributed by atoms with van der Waals surface area (Å²) in [5.41, 5.74) is 1.41. The fourth-order valence-corrected chi connectivity index (χ4v) is 2.31. The summed E-state index contributed by atoms with van der Waals surface area (Å²) in [4.78, 5) is 10.1. The molecule has 0 saturated carbocycles. The molecular formula is C11H7F3O3S. The van der Waals surface area contributed by atoms with Crippen molar-refractivity contribution in [3.05, 3.63) is 28.5 Å². The number of hydrogen-bond donors (Lipinski definition) is 0. The summed E-state index contributed by atoms with van der Waals surface area (Å²) in [6.07, 6.45) is -4.75. The average molecular weight is 276 g/mol. The fraction of sp³-hybridized carbons (Fsp3) is 0.182. The number of ether oxygens (including phenoxy) is 2. The van der Waals surface area contributed by atoms with Crippen LogP contribution in [0.5, 0.6) is 5.75 Å². The molecule has 2 rings (SSSR count). The smallest absolute Gasteiger partial charge is 0.463 e. The van der Waals surface area contributed by atoms with Crippen LogP contribution in [-0.4, -0.2) is 12.8 Å². The Kier molecular flexibility index (Phi) is 3.42. The van der Waals surface area contributed by atoms with E-state index in [0.717, 1.165) is 0 Å². The van der Waals surface area contributed by atoms with E-state index in [9.17, 15) is 18.0 Å². The summed E-state index contributed by atoms with van der Waals surface area (Å²) in [5.74, 6) is -0.283. The minimum Gasteiger partial charge on any atom is -0.463 e. The average Bonchev–Trinajstić information content (AvgIpc) is 2.63. The van der Waals surface area contributed by atoms with Crippen molar-refractivity contribution in [2.45, 2.75) is 13.0 Å². The molecule has 0 aromatic heterocycles. The first-order valence-corrected chi connectivity index (χ1v) is 5.74. The molecule has 1 aliphatic heterocycles. The number of halogens is 3. The number of carbonyl (C=O) groups is 1.